The summed E-state index contributed by atoms with van der Waals surface area (Å²) in [7, 11) is -3.89. The van der Waals surface area contributed by atoms with Crippen molar-refractivity contribution in [3.63, 3.8) is 0 Å². The van der Waals surface area contributed by atoms with Crippen LogP contribution in [0.25, 0.3) is 0 Å². The number of rotatable bonds is 2. The van der Waals surface area contributed by atoms with Crippen molar-refractivity contribution >= 4 is 22.0 Å². The molecule has 1 aromatic rings. The number of hydrogen-bond acceptors (Lipinski definition) is 5. The van der Waals surface area contributed by atoms with Crippen LogP contribution in [-0.2, 0) is 24.3 Å². The molecule has 2 aliphatic rings. The molecule has 0 aliphatic carbocycles. The zero-order valence-corrected chi connectivity index (χ0v) is 11.7. The average Bonchev–Trinajstić information content (AvgIpc) is 2.74. The van der Waals surface area contributed by atoms with E-state index in [2.05, 4.69) is 4.74 Å². The molecular weight excluding hydrogens is 301 g/mol. The van der Waals surface area contributed by atoms with Crippen LogP contribution in [0.5, 0.6) is 0 Å². The fraction of sp³-hybridized carbons (Fsp3) is 0.385. The lowest BCUT2D eigenvalue weighted by atomic mass is 9.89. The number of hydrogen-bond donors (Lipinski definition) is 0. The van der Waals surface area contributed by atoms with Crippen molar-refractivity contribution in [3.05, 3.63) is 30.1 Å². The van der Waals surface area contributed by atoms with Gasteiger partial charge in [0.05, 0.1) is 16.7 Å². The summed E-state index contributed by atoms with van der Waals surface area (Å²) in [6.07, 6.45) is 0.226. The van der Waals surface area contributed by atoms with E-state index in [1.54, 1.807) is 0 Å². The summed E-state index contributed by atoms with van der Waals surface area (Å²) in [4.78, 5) is 22.8. The molecule has 8 heteroatoms. The minimum absolute atomic E-state index is 0.0996. The van der Waals surface area contributed by atoms with Crippen molar-refractivity contribution in [3.8, 4) is 0 Å². The van der Waals surface area contributed by atoms with Crippen LogP contribution in [-0.4, -0.2) is 37.8 Å². The number of sulfonamides is 1. The molecule has 0 saturated carbocycles. The first-order valence-corrected chi connectivity index (χ1v) is 7.85. The third-order valence-electron chi connectivity index (χ3n) is 3.82. The molecule has 0 aromatic heterocycles. The van der Waals surface area contributed by atoms with Crippen LogP contribution in [0.15, 0.2) is 29.2 Å². The number of cyclic esters (lactones) is 2. The maximum absolute atomic E-state index is 13.2. The topological polar surface area (TPSA) is 80.8 Å². The third kappa shape index (κ3) is 2.34. The zero-order valence-electron chi connectivity index (χ0n) is 10.9. The second kappa shape index (κ2) is 4.88. The minimum atomic E-state index is -3.89. The zero-order chi connectivity index (χ0) is 15.2. The van der Waals surface area contributed by atoms with Crippen molar-refractivity contribution in [1.29, 1.82) is 0 Å². The van der Waals surface area contributed by atoms with Gasteiger partial charge in [-0.3, -0.25) is 9.59 Å². The molecule has 2 fully saturated rings. The lowest BCUT2D eigenvalue weighted by Gasteiger charge is -2.30. The molecule has 2 aliphatic heterocycles. The number of carbonyl (C=O) groups is 2. The third-order valence-corrected chi connectivity index (χ3v) is 5.68. The van der Waals surface area contributed by atoms with Crippen molar-refractivity contribution in [2.45, 2.75) is 11.3 Å². The number of fused-ring (bicyclic) bond motifs is 1. The molecule has 0 N–H and O–H groups in total. The second-order valence-electron chi connectivity index (χ2n) is 5.06. The summed E-state index contributed by atoms with van der Waals surface area (Å²) in [5, 5.41) is 0. The van der Waals surface area contributed by atoms with Gasteiger partial charge >= 0.3 is 11.9 Å². The second-order valence-corrected chi connectivity index (χ2v) is 7.00. The van der Waals surface area contributed by atoms with E-state index in [0.717, 1.165) is 16.4 Å². The van der Waals surface area contributed by atoms with Gasteiger partial charge in [0.25, 0.3) is 0 Å². The van der Waals surface area contributed by atoms with E-state index >= 15 is 0 Å². The summed E-state index contributed by atoms with van der Waals surface area (Å²) >= 11 is 0. The molecule has 2 unspecified atom stereocenters. The minimum Gasteiger partial charge on any atom is -0.393 e. The van der Waals surface area contributed by atoms with E-state index in [1.807, 2.05) is 0 Å². The highest BCUT2D eigenvalue weighted by molar-refractivity contribution is 7.89. The monoisotopic (exact) mass is 313 g/mol. The van der Waals surface area contributed by atoms with Gasteiger partial charge in [0.1, 0.15) is 5.82 Å². The standard InChI is InChI=1S/C13H12FNO5S/c14-8-2-1-3-9(6-8)21(18,19)15-5-4-10-11(7-15)13(17)20-12(10)16/h1-3,6,10-11H,4-5,7H2. The molecule has 0 bridgehead atoms. The summed E-state index contributed by atoms with van der Waals surface area (Å²) < 4.78 is 43.7. The Labute approximate surface area is 120 Å². The fourth-order valence-electron chi connectivity index (χ4n) is 2.69. The van der Waals surface area contributed by atoms with Crippen LogP contribution < -0.4 is 0 Å². The summed E-state index contributed by atoms with van der Waals surface area (Å²) in [6.45, 7) is -0.0174. The molecule has 0 amide bonds. The molecule has 3 rings (SSSR count). The molecule has 2 saturated heterocycles. The maximum atomic E-state index is 13.2. The number of halogens is 1. The normalized spacial score (nSPS) is 26.5. The molecule has 6 nitrogen and oxygen atoms in total. The van der Waals surface area contributed by atoms with E-state index in [9.17, 15) is 22.4 Å². The van der Waals surface area contributed by atoms with Gasteiger partial charge < -0.3 is 4.74 Å². The van der Waals surface area contributed by atoms with Gasteiger partial charge in [-0.2, -0.15) is 4.31 Å². The smallest absolute Gasteiger partial charge is 0.318 e. The average molecular weight is 313 g/mol. The molecule has 0 radical (unpaired) electrons. The number of carbonyl (C=O) groups excluding carboxylic acids is 2. The Kier molecular flexibility index (Phi) is 3.29. The Morgan fingerprint density at radius 3 is 2.62 bits per heavy atom. The SMILES string of the molecule is O=C1OC(=O)C2CN(S(=O)(=O)c3cccc(F)c3)CCC12. The molecule has 1 aromatic carbocycles. The van der Waals surface area contributed by atoms with Gasteiger partial charge in [-0.05, 0) is 24.6 Å². The Morgan fingerprint density at radius 2 is 1.90 bits per heavy atom. The van der Waals surface area contributed by atoms with Gasteiger partial charge in [0.2, 0.25) is 10.0 Å². The van der Waals surface area contributed by atoms with E-state index < -0.39 is 39.6 Å². The largest absolute Gasteiger partial charge is 0.393 e. The van der Waals surface area contributed by atoms with Crippen molar-refractivity contribution in [2.75, 3.05) is 13.1 Å². The lowest BCUT2D eigenvalue weighted by molar-refractivity contribution is -0.153. The van der Waals surface area contributed by atoms with Gasteiger partial charge in [0, 0.05) is 13.1 Å². The quantitative estimate of drug-likeness (QED) is 0.588. The predicted octanol–water partition coefficient (Wildman–Crippen LogP) is 0.536. The fourth-order valence-corrected chi connectivity index (χ4v) is 4.20. The van der Waals surface area contributed by atoms with Crippen LogP contribution >= 0.6 is 0 Å². The summed E-state index contributed by atoms with van der Waals surface area (Å²) in [6, 6.07) is 4.68. The molecular formula is C13H12FNO5S. The van der Waals surface area contributed by atoms with Crippen molar-refractivity contribution < 1.29 is 27.1 Å². The van der Waals surface area contributed by atoms with Crippen LogP contribution in [0.4, 0.5) is 4.39 Å². The summed E-state index contributed by atoms with van der Waals surface area (Å²) in [5.74, 6) is -3.27. The number of ether oxygens (including phenoxy) is 1. The molecule has 112 valence electrons. The highest BCUT2D eigenvalue weighted by atomic mass is 32.2. The Balaban J connectivity index is 1.88. The van der Waals surface area contributed by atoms with E-state index in [4.69, 9.17) is 0 Å². The Hall–Kier alpha value is -1.80. The highest BCUT2D eigenvalue weighted by Gasteiger charge is 2.49. The van der Waals surface area contributed by atoms with Gasteiger partial charge in [-0.15, -0.1) is 0 Å². The van der Waals surface area contributed by atoms with Crippen LogP contribution in [0, 0.1) is 17.7 Å². The number of nitrogens with zero attached hydrogens (tertiary/aromatic N) is 1. The van der Waals surface area contributed by atoms with Gasteiger partial charge in [0.15, 0.2) is 0 Å². The Bertz CT molecular complexity index is 717. The van der Waals surface area contributed by atoms with Gasteiger partial charge in [-0.1, -0.05) is 6.07 Å². The predicted molar refractivity (Wildman–Crippen MR) is 67.9 cm³/mol. The van der Waals surface area contributed by atoms with E-state index in [1.165, 1.54) is 12.1 Å². The van der Waals surface area contributed by atoms with E-state index in [-0.39, 0.29) is 24.4 Å². The Morgan fingerprint density at radius 1 is 1.19 bits per heavy atom. The molecule has 2 heterocycles. The van der Waals surface area contributed by atoms with Crippen LogP contribution in [0.1, 0.15) is 6.42 Å². The first kappa shape index (κ1) is 14.2. The highest BCUT2D eigenvalue weighted by Crippen LogP contribution is 2.33. The van der Waals surface area contributed by atoms with Gasteiger partial charge in [-0.25, -0.2) is 12.8 Å². The molecule has 2 atom stereocenters. The number of benzene rings is 1. The molecule has 21 heavy (non-hydrogen) atoms. The van der Waals surface area contributed by atoms with Crippen LogP contribution in [0.2, 0.25) is 0 Å². The maximum Gasteiger partial charge on any atom is 0.318 e. The van der Waals surface area contributed by atoms with Crippen molar-refractivity contribution in [1.82, 2.24) is 4.31 Å². The summed E-state index contributed by atoms with van der Waals surface area (Å²) in [5.41, 5.74) is 0. The number of esters is 2. The molecule has 0 spiro atoms. The van der Waals surface area contributed by atoms with Crippen LogP contribution in [0.3, 0.4) is 0 Å². The van der Waals surface area contributed by atoms with Crippen molar-refractivity contribution in [2.24, 2.45) is 11.8 Å². The first-order valence-electron chi connectivity index (χ1n) is 6.41. The number of piperidine rings is 1. The first-order chi connectivity index (χ1) is 9.89. The van der Waals surface area contributed by atoms with E-state index in [0.29, 0.717) is 0 Å². The lowest BCUT2D eigenvalue weighted by Crippen LogP contribution is -2.44.